The SMILES string of the molecule is Cc1ccc(C)c(CNCC(=O)N2CCCCC2)c1. The second-order valence-electron chi connectivity index (χ2n) is 5.47. The molecule has 0 unspecified atom stereocenters. The highest BCUT2D eigenvalue weighted by atomic mass is 16.2. The molecule has 1 aliphatic heterocycles. The van der Waals surface area contributed by atoms with Crippen molar-refractivity contribution in [2.24, 2.45) is 0 Å². The molecule has 104 valence electrons. The molecule has 1 amide bonds. The maximum Gasteiger partial charge on any atom is 0.236 e. The van der Waals surface area contributed by atoms with Crippen LogP contribution in [0.15, 0.2) is 18.2 Å². The molecule has 0 saturated carbocycles. The first-order valence-corrected chi connectivity index (χ1v) is 7.21. The van der Waals surface area contributed by atoms with E-state index in [0.29, 0.717) is 6.54 Å². The largest absolute Gasteiger partial charge is 0.342 e. The van der Waals surface area contributed by atoms with Crippen molar-refractivity contribution in [3.63, 3.8) is 0 Å². The van der Waals surface area contributed by atoms with Gasteiger partial charge in [-0.1, -0.05) is 23.8 Å². The molecule has 1 aliphatic rings. The van der Waals surface area contributed by atoms with Crippen LogP contribution in [-0.2, 0) is 11.3 Å². The number of carbonyl (C=O) groups excluding carboxylic acids is 1. The predicted molar refractivity (Wildman–Crippen MR) is 78.1 cm³/mol. The molecular weight excluding hydrogens is 236 g/mol. The molecule has 1 aromatic rings. The topological polar surface area (TPSA) is 32.3 Å². The zero-order valence-corrected chi connectivity index (χ0v) is 12.0. The fraction of sp³-hybridized carbons (Fsp3) is 0.562. The Morgan fingerprint density at radius 1 is 1.21 bits per heavy atom. The molecule has 1 aromatic carbocycles. The minimum Gasteiger partial charge on any atom is -0.342 e. The molecule has 0 spiro atoms. The summed E-state index contributed by atoms with van der Waals surface area (Å²) < 4.78 is 0. The summed E-state index contributed by atoms with van der Waals surface area (Å²) in [5.74, 6) is 0.241. The number of hydrogen-bond acceptors (Lipinski definition) is 2. The quantitative estimate of drug-likeness (QED) is 0.901. The van der Waals surface area contributed by atoms with Crippen molar-refractivity contribution in [2.45, 2.75) is 39.7 Å². The fourth-order valence-electron chi connectivity index (χ4n) is 2.55. The Morgan fingerprint density at radius 3 is 2.68 bits per heavy atom. The molecular formula is C16H24N2O. The van der Waals surface area contributed by atoms with Crippen LogP contribution in [0.2, 0.25) is 0 Å². The Labute approximate surface area is 116 Å². The van der Waals surface area contributed by atoms with Crippen LogP contribution in [0.4, 0.5) is 0 Å². The lowest BCUT2D eigenvalue weighted by molar-refractivity contribution is -0.131. The van der Waals surface area contributed by atoms with Crippen LogP contribution in [-0.4, -0.2) is 30.4 Å². The van der Waals surface area contributed by atoms with Gasteiger partial charge in [0.25, 0.3) is 0 Å². The standard InChI is InChI=1S/C16H24N2O/c1-13-6-7-14(2)15(10-13)11-17-12-16(19)18-8-4-3-5-9-18/h6-7,10,17H,3-5,8-9,11-12H2,1-2H3. The Hall–Kier alpha value is -1.35. The van der Waals surface area contributed by atoms with Gasteiger partial charge in [0, 0.05) is 19.6 Å². The number of nitrogens with zero attached hydrogens (tertiary/aromatic N) is 1. The van der Waals surface area contributed by atoms with Gasteiger partial charge in [-0.05, 0) is 44.2 Å². The van der Waals surface area contributed by atoms with Gasteiger partial charge in [0.1, 0.15) is 0 Å². The van der Waals surface area contributed by atoms with Crippen molar-refractivity contribution in [3.8, 4) is 0 Å². The normalized spacial score (nSPS) is 15.6. The molecule has 0 atom stereocenters. The molecule has 3 nitrogen and oxygen atoms in total. The zero-order chi connectivity index (χ0) is 13.7. The summed E-state index contributed by atoms with van der Waals surface area (Å²) in [6.07, 6.45) is 3.57. The van der Waals surface area contributed by atoms with E-state index in [1.807, 2.05) is 4.90 Å². The average molecular weight is 260 g/mol. The van der Waals surface area contributed by atoms with E-state index in [0.717, 1.165) is 32.5 Å². The lowest BCUT2D eigenvalue weighted by Crippen LogP contribution is -2.41. The van der Waals surface area contributed by atoms with E-state index in [1.165, 1.54) is 23.1 Å². The van der Waals surface area contributed by atoms with E-state index in [2.05, 4.69) is 37.4 Å². The van der Waals surface area contributed by atoms with Gasteiger partial charge in [-0.25, -0.2) is 0 Å². The minimum atomic E-state index is 0.241. The van der Waals surface area contributed by atoms with Crippen LogP contribution < -0.4 is 5.32 Å². The summed E-state index contributed by atoms with van der Waals surface area (Å²) in [6, 6.07) is 6.45. The van der Waals surface area contributed by atoms with Crippen LogP contribution in [0.5, 0.6) is 0 Å². The van der Waals surface area contributed by atoms with Crippen LogP contribution in [0, 0.1) is 13.8 Å². The molecule has 1 heterocycles. The number of amides is 1. The van der Waals surface area contributed by atoms with Gasteiger partial charge in [0.2, 0.25) is 5.91 Å². The fourth-order valence-corrected chi connectivity index (χ4v) is 2.55. The first kappa shape index (κ1) is 14.1. The van der Waals surface area contributed by atoms with Gasteiger partial charge in [-0.2, -0.15) is 0 Å². The Balaban J connectivity index is 1.79. The van der Waals surface area contributed by atoms with Gasteiger partial charge < -0.3 is 10.2 Å². The molecule has 1 fully saturated rings. The Bertz CT molecular complexity index is 436. The summed E-state index contributed by atoms with van der Waals surface area (Å²) in [6.45, 7) is 7.30. The van der Waals surface area contributed by atoms with Crippen LogP contribution in [0.1, 0.15) is 36.0 Å². The van der Waals surface area contributed by atoms with Crippen molar-refractivity contribution >= 4 is 5.91 Å². The van der Waals surface area contributed by atoms with Crippen LogP contribution in [0.3, 0.4) is 0 Å². The summed E-state index contributed by atoms with van der Waals surface area (Å²) in [7, 11) is 0. The number of aryl methyl sites for hydroxylation is 2. The number of nitrogens with one attached hydrogen (secondary N) is 1. The first-order chi connectivity index (χ1) is 9.16. The third-order valence-electron chi connectivity index (χ3n) is 3.81. The second kappa shape index (κ2) is 6.71. The maximum atomic E-state index is 12.0. The van der Waals surface area contributed by atoms with E-state index in [-0.39, 0.29) is 5.91 Å². The molecule has 0 radical (unpaired) electrons. The second-order valence-corrected chi connectivity index (χ2v) is 5.47. The van der Waals surface area contributed by atoms with E-state index < -0.39 is 0 Å². The number of carbonyl (C=O) groups is 1. The monoisotopic (exact) mass is 260 g/mol. The smallest absolute Gasteiger partial charge is 0.236 e. The summed E-state index contributed by atoms with van der Waals surface area (Å²) in [5, 5.41) is 3.28. The molecule has 0 aromatic heterocycles. The van der Waals surface area contributed by atoms with E-state index >= 15 is 0 Å². The Kier molecular flexibility index (Phi) is 4.97. The summed E-state index contributed by atoms with van der Waals surface area (Å²) >= 11 is 0. The third kappa shape index (κ3) is 4.06. The lowest BCUT2D eigenvalue weighted by Gasteiger charge is -2.26. The third-order valence-corrected chi connectivity index (χ3v) is 3.81. The highest BCUT2D eigenvalue weighted by Gasteiger charge is 2.15. The summed E-state index contributed by atoms with van der Waals surface area (Å²) in [4.78, 5) is 14.0. The molecule has 19 heavy (non-hydrogen) atoms. The number of benzene rings is 1. The van der Waals surface area contributed by atoms with Gasteiger partial charge in [0.05, 0.1) is 6.54 Å². The predicted octanol–water partition coefficient (Wildman–Crippen LogP) is 2.41. The number of hydrogen-bond donors (Lipinski definition) is 1. The number of likely N-dealkylation sites (tertiary alicyclic amines) is 1. The summed E-state index contributed by atoms with van der Waals surface area (Å²) in [5.41, 5.74) is 3.83. The van der Waals surface area contributed by atoms with Crippen molar-refractivity contribution in [1.82, 2.24) is 10.2 Å². The van der Waals surface area contributed by atoms with Crippen LogP contribution >= 0.6 is 0 Å². The highest BCUT2D eigenvalue weighted by Crippen LogP contribution is 2.11. The maximum absolute atomic E-state index is 12.0. The number of rotatable bonds is 4. The van der Waals surface area contributed by atoms with Crippen molar-refractivity contribution in [3.05, 3.63) is 34.9 Å². The van der Waals surface area contributed by atoms with Crippen molar-refractivity contribution in [1.29, 1.82) is 0 Å². The average Bonchev–Trinajstić information content (AvgIpc) is 2.43. The van der Waals surface area contributed by atoms with E-state index in [9.17, 15) is 4.79 Å². The number of piperidine rings is 1. The molecule has 1 saturated heterocycles. The zero-order valence-electron chi connectivity index (χ0n) is 12.0. The molecule has 0 bridgehead atoms. The van der Waals surface area contributed by atoms with Gasteiger partial charge in [-0.15, -0.1) is 0 Å². The van der Waals surface area contributed by atoms with Gasteiger partial charge >= 0.3 is 0 Å². The van der Waals surface area contributed by atoms with Gasteiger partial charge in [-0.3, -0.25) is 4.79 Å². The first-order valence-electron chi connectivity index (χ1n) is 7.21. The molecule has 0 aliphatic carbocycles. The van der Waals surface area contributed by atoms with Crippen LogP contribution in [0.25, 0.3) is 0 Å². The van der Waals surface area contributed by atoms with Crippen molar-refractivity contribution < 1.29 is 4.79 Å². The highest BCUT2D eigenvalue weighted by molar-refractivity contribution is 5.78. The van der Waals surface area contributed by atoms with Crippen molar-refractivity contribution in [2.75, 3.05) is 19.6 Å². The van der Waals surface area contributed by atoms with E-state index in [1.54, 1.807) is 0 Å². The Morgan fingerprint density at radius 2 is 1.95 bits per heavy atom. The minimum absolute atomic E-state index is 0.241. The van der Waals surface area contributed by atoms with E-state index in [4.69, 9.17) is 0 Å². The molecule has 2 rings (SSSR count). The molecule has 3 heteroatoms. The molecule has 1 N–H and O–H groups in total. The lowest BCUT2D eigenvalue weighted by atomic mass is 10.1. The van der Waals surface area contributed by atoms with Gasteiger partial charge in [0.15, 0.2) is 0 Å².